The van der Waals surface area contributed by atoms with Crippen molar-refractivity contribution in [1.29, 1.82) is 0 Å². The van der Waals surface area contributed by atoms with Crippen LogP contribution in [0.4, 0.5) is 0 Å². The van der Waals surface area contributed by atoms with Crippen LogP contribution in [0.5, 0.6) is 0 Å². The highest BCUT2D eigenvalue weighted by Gasteiger charge is 2.27. The quantitative estimate of drug-likeness (QED) is 0.883. The van der Waals surface area contributed by atoms with Gasteiger partial charge in [-0.25, -0.2) is 12.7 Å². The zero-order chi connectivity index (χ0) is 15.6. The van der Waals surface area contributed by atoms with E-state index in [2.05, 4.69) is 11.9 Å². The van der Waals surface area contributed by atoms with E-state index in [-0.39, 0.29) is 11.5 Å². The van der Waals surface area contributed by atoms with Crippen molar-refractivity contribution in [3.05, 3.63) is 29.3 Å². The standard InChI is InChI=1S/C15H24N2O3S/c1-12-4-5-15(8-14(12)11-18)21(19,20)17(3)10-13-6-7-16(2)9-13/h4-5,8,13,18H,6-7,9-11H2,1-3H3. The molecule has 0 amide bonds. The third-order valence-corrected chi connectivity index (χ3v) is 6.02. The van der Waals surface area contributed by atoms with Crippen molar-refractivity contribution in [3.63, 3.8) is 0 Å². The molecule has 0 radical (unpaired) electrons. The summed E-state index contributed by atoms with van der Waals surface area (Å²) in [7, 11) is 0.199. The Hall–Kier alpha value is -0.950. The third-order valence-electron chi connectivity index (χ3n) is 4.20. The average Bonchev–Trinajstić information content (AvgIpc) is 2.84. The molecule has 1 atom stereocenters. The maximum atomic E-state index is 12.6. The van der Waals surface area contributed by atoms with E-state index >= 15 is 0 Å². The first-order valence-electron chi connectivity index (χ1n) is 7.20. The van der Waals surface area contributed by atoms with Crippen LogP contribution in [0.1, 0.15) is 17.5 Å². The van der Waals surface area contributed by atoms with Crippen LogP contribution in [-0.4, -0.2) is 56.5 Å². The molecule has 118 valence electrons. The number of hydrogen-bond donors (Lipinski definition) is 1. The molecule has 1 aromatic rings. The second-order valence-corrected chi connectivity index (χ2v) is 7.99. The van der Waals surface area contributed by atoms with Gasteiger partial charge in [0.15, 0.2) is 0 Å². The summed E-state index contributed by atoms with van der Waals surface area (Å²) in [5.74, 6) is 0.387. The highest BCUT2D eigenvalue weighted by atomic mass is 32.2. The summed E-state index contributed by atoms with van der Waals surface area (Å²) < 4.78 is 26.7. The Morgan fingerprint density at radius 1 is 1.43 bits per heavy atom. The fourth-order valence-corrected chi connectivity index (χ4v) is 4.09. The zero-order valence-corrected chi connectivity index (χ0v) is 13.7. The van der Waals surface area contributed by atoms with Crippen LogP contribution in [0.3, 0.4) is 0 Å². The summed E-state index contributed by atoms with van der Waals surface area (Å²) >= 11 is 0. The minimum Gasteiger partial charge on any atom is -0.392 e. The van der Waals surface area contributed by atoms with Crippen LogP contribution in [-0.2, 0) is 16.6 Å². The van der Waals surface area contributed by atoms with Crippen LogP contribution in [0.15, 0.2) is 23.1 Å². The Morgan fingerprint density at radius 2 is 2.14 bits per heavy atom. The van der Waals surface area contributed by atoms with Crippen molar-refractivity contribution in [2.75, 3.05) is 33.7 Å². The van der Waals surface area contributed by atoms with Crippen molar-refractivity contribution in [1.82, 2.24) is 9.21 Å². The van der Waals surface area contributed by atoms with Gasteiger partial charge in [0.25, 0.3) is 0 Å². The predicted molar refractivity (Wildman–Crippen MR) is 82.5 cm³/mol. The normalized spacial score (nSPS) is 20.3. The maximum absolute atomic E-state index is 12.6. The van der Waals surface area contributed by atoms with E-state index in [1.807, 2.05) is 6.92 Å². The Bertz CT molecular complexity index is 601. The Kier molecular flexibility index (Phi) is 5.03. The van der Waals surface area contributed by atoms with Gasteiger partial charge in [0, 0.05) is 20.1 Å². The summed E-state index contributed by atoms with van der Waals surface area (Å²) in [5.41, 5.74) is 1.56. The number of aryl methyl sites for hydroxylation is 1. The molecule has 0 aromatic heterocycles. The van der Waals surface area contributed by atoms with Crippen LogP contribution in [0, 0.1) is 12.8 Å². The highest BCUT2D eigenvalue weighted by molar-refractivity contribution is 7.89. The largest absolute Gasteiger partial charge is 0.392 e. The molecule has 21 heavy (non-hydrogen) atoms. The number of hydrogen-bond acceptors (Lipinski definition) is 4. The molecule has 0 saturated carbocycles. The van der Waals surface area contributed by atoms with Gasteiger partial charge < -0.3 is 10.0 Å². The average molecular weight is 312 g/mol. The maximum Gasteiger partial charge on any atom is 0.242 e. The first-order chi connectivity index (χ1) is 9.84. The highest BCUT2D eigenvalue weighted by Crippen LogP contribution is 2.22. The molecule has 1 aliphatic heterocycles. The van der Waals surface area contributed by atoms with Crippen molar-refractivity contribution in [2.45, 2.75) is 24.8 Å². The first-order valence-corrected chi connectivity index (χ1v) is 8.64. The molecule has 6 heteroatoms. The summed E-state index contributed by atoms with van der Waals surface area (Å²) in [5, 5.41) is 9.29. The molecule has 0 bridgehead atoms. The number of aliphatic hydroxyl groups excluding tert-OH is 1. The van der Waals surface area contributed by atoms with Crippen LogP contribution in [0.2, 0.25) is 0 Å². The van der Waals surface area contributed by atoms with Crippen molar-refractivity contribution in [2.24, 2.45) is 5.92 Å². The Balaban J connectivity index is 2.17. The van der Waals surface area contributed by atoms with Gasteiger partial charge in [-0.2, -0.15) is 0 Å². The Labute approximate surface area is 127 Å². The summed E-state index contributed by atoms with van der Waals surface area (Å²) in [4.78, 5) is 2.48. The first kappa shape index (κ1) is 16.4. The molecular weight excluding hydrogens is 288 g/mol. The molecule has 1 aliphatic rings. The number of likely N-dealkylation sites (tertiary alicyclic amines) is 1. The van der Waals surface area contributed by atoms with Crippen LogP contribution in [0.25, 0.3) is 0 Å². The molecule has 1 aromatic carbocycles. The van der Waals surface area contributed by atoms with Crippen molar-refractivity contribution < 1.29 is 13.5 Å². The summed E-state index contributed by atoms with van der Waals surface area (Å²) in [6.07, 6.45) is 1.03. The number of sulfonamides is 1. The molecule has 1 fully saturated rings. The topological polar surface area (TPSA) is 60.9 Å². The molecule has 0 aliphatic carbocycles. The molecular formula is C15H24N2O3S. The third kappa shape index (κ3) is 3.63. The molecule has 1 N–H and O–H groups in total. The predicted octanol–water partition coefficient (Wildman–Crippen LogP) is 1.06. The van der Waals surface area contributed by atoms with E-state index in [0.29, 0.717) is 18.0 Å². The number of aliphatic hydroxyl groups is 1. The van der Waals surface area contributed by atoms with E-state index in [9.17, 15) is 13.5 Å². The lowest BCUT2D eigenvalue weighted by Gasteiger charge is -2.21. The lowest BCUT2D eigenvalue weighted by atomic mass is 10.1. The fourth-order valence-electron chi connectivity index (χ4n) is 2.80. The van der Waals surface area contributed by atoms with Gasteiger partial charge in [-0.15, -0.1) is 0 Å². The van der Waals surface area contributed by atoms with Gasteiger partial charge in [-0.3, -0.25) is 0 Å². The van der Waals surface area contributed by atoms with E-state index in [4.69, 9.17) is 0 Å². The van der Waals surface area contributed by atoms with E-state index < -0.39 is 10.0 Å². The summed E-state index contributed by atoms with van der Waals surface area (Å²) in [6.45, 7) is 4.22. The molecule has 1 saturated heterocycles. The monoisotopic (exact) mass is 312 g/mol. The van der Waals surface area contributed by atoms with Gasteiger partial charge in [-0.05, 0) is 56.1 Å². The lowest BCUT2D eigenvalue weighted by molar-refractivity contribution is 0.280. The van der Waals surface area contributed by atoms with E-state index in [1.54, 1.807) is 25.2 Å². The fraction of sp³-hybridized carbons (Fsp3) is 0.600. The van der Waals surface area contributed by atoms with Gasteiger partial charge in [0.1, 0.15) is 0 Å². The van der Waals surface area contributed by atoms with Crippen molar-refractivity contribution in [3.8, 4) is 0 Å². The number of benzene rings is 1. The molecule has 1 unspecified atom stereocenters. The SMILES string of the molecule is Cc1ccc(S(=O)(=O)N(C)CC2CCN(C)C2)cc1CO. The summed E-state index contributed by atoms with van der Waals surface area (Å²) in [6, 6.07) is 4.93. The minimum atomic E-state index is -3.49. The minimum absolute atomic E-state index is 0.147. The lowest BCUT2D eigenvalue weighted by Crippen LogP contribution is -2.33. The van der Waals surface area contributed by atoms with Gasteiger partial charge in [0.2, 0.25) is 10.0 Å². The number of nitrogens with zero attached hydrogens (tertiary/aromatic N) is 2. The second kappa shape index (κ2) is 6.44. The molecule has 0 spiro atoms. The second-order valence-electron chi connectivity index (χ2n) is 5.95. The van der Waals surface area contributed by atoms with Gasteiger partial charge >= 0.3 is 0 Å². The number of rotatable bonds is 5. The van der Waals surface area contributed by atoms with Crippen molar-refractivity contribution >= 4 is 10.0 Å². The molecule has 2 rings (SSSR count). The van der Waals surface area contributed by atoms with Gasteiger partial charge in [0.05, 0.1) is 11.5 Å². The molecule has 5 nitrogen and oxygen atoms in total. The van der Waals surface area contributed by atoms with E-state index in [1.165, 1.54) is 4.31 Å². The smallest absolute Gasteiger partial charge is 0.242 e. The van der Waals surface area contributed by atoms with Crippen LogP contribution < -0.4 is 0 Å². The van der Waals surface area contributed by atoms with E-state index in [0.717, 1.165) is 25.1 Å². The zero-order valence-electron chi connectivity index (χ0n) is 12.9. The van der Waals surface area contributed by atoms with Crippen LogP contribution >= 0.6 is 0 Å². The Morgan fingerprint density at radius 3 is 2.71 bits per heavy atom. The van der Waals surface area contributed by atoms with Gasteiger partial charge in [-0.1, -0.05) is 6.07 Å². The molecule has 1 heterocycles.